The van der Waals surface area contributed by atoms with E-state index in [1.807, 2.05) is 0 Å². The maximum absolute atomic E-state index is 13.4. The highest BCUT2D eigenvalue weighted by atomic mass is 19.4. The first-order valence-electron chi connectivity index (χ1n) is 6.52. The molecule has 8 N–H and O–H groups in total. The lowest BCUT2D eigenvalue weighted by Crippen LogP contribution is -2.55. The van der Waals surface area contributed by atoms with Gasteiger partial charge in [0.15, 0.2) is 0 Å². The van der Waals surface area contributed by atoms with Gasteiger partial charge in [0.1, 0.15) is 11.3 Å². The van der Waals surface area contributed by atoms with Gasteiger partial charge in [0.05, 0.1) is 11.1 Å². The van der Waals surface area contributed by atoms with Gasteiger partial charge in [-0.3, -0.25) is 0 Å². The molecule has 0 aromatic rings. The molecule has 0 aliphatic heterocycles. The molecule has 2 rings (SSSR count). The highest BCUT2D eigenvalue weighted by Gasteiger charge is 2.54. The minimum absolute atomic E-state index is 0.151. The van der Waals surface area contributed by atoms with Crippen LogP contribution in [0.2, 0.25) is 0 Å². The first kappa shape index (κ1) is 18.5. The molecule has 10 heteroatoms. The Hall–Kier alpha value is -1.88. The molecule has 24 heavy (non-hydrogen) atoms. The number of hydrogen-bond donors (Lipinski definition) is 4. The Bertz CT molecular complexity index is 684. The highest BCUT2D eigenvalue weighted by molar-refractivity contribution is 5.62. The molecular formula is C14H14F6N4. The van der Waals surface area contributed by atoms with Gasteiger partial charge in [-0.25, -0.2) is 0 Å². The fourth-order valence-electron chi connectivity index (χ4n) is 2.42. The molecule has 4 nitrogen and oxygen atoms in total. The van der Waals surface area contributed by atoms with Crippen LogP contribution < -0.4 is 22.9 Å². The molecule has 0 saturated heterocycles. The van der Waals surface area contributed by atoms with Crippen LogP contribution in [0.1, 0.15) is 0 Å². The molecule has 0 aromatic heterocycles. The van der Waals surface area contributed by atoms with Crippen LogP contribution in [0.3, 0.4) is 0 Å². The molecule has 132 valence electrons. The number of alkyl halides is 6. The Labute approximate surface area is 132 Å². The Morgan fingerprint density at radius 1 is 0.708 bits per heavy atom. The smallest absolute Gasteiger partial charge is 0.307 e. The van der Waals surface area contributed by atoms with E-state index in [0.717, 1.165) is 30.4 Å². The van der Waals surface area contributed by atoms with Gasteiger partial charge in [-0.15, -0.1) is 0 Å². The van der Waals surface area contributed by atoms with Crippen molar-refractivity contribution in [1.29, 1.82) is 0 Å². The molecule has 0 saturated carbocycles. The van der Waals surface area contributed by atoms with E-state index >= 15 is 0 Å². The largest absolute Gasteiger partial charge is 0.417 e. The van der Waals surface area contributed by atoms with Crippen LogP contribution in [0, 0.1) is 0 Å². The number of hydrogen-bond acceptors (Lipinski definition) is 4. The first-order valence-corrected chi connectivity index (χ1v) is 6.52. The summed E-state index contributed by atoms with van der Waals surface area (Å²) in [6.07, 6.45) is -4.68. The molecule has 0 unspecified atom stereocenters. The predicted octanol–water partition coefficient (Wildman–Crippen LogP) is 1.63. The number of allylic oxidation sites excluding steroid dienone is 6. The van der Waals surface area contributed by atoms with Crippen molar-refractivity contribution < 1.29 is 26.3 Å². The van der Waals surface area contributed by atoms with Crippen molar-refractivity contribution in [2.24, 2.45) is 22.9 Å². The number of nitrogens with two attached hydrogens (primary N) is 4. The van der Waals surface area contributed by atoms with E-state index in [4.69, 9.17) is 22.9 Å². The molecule has 0 aromatic carbocycles. The minimum atomic E-state index is -5.38. The lowest BCUT2D eigenvalue weighted by Gasteiger charge is -2.34. The fraction of sp³-hybridized carbons (Fsp3) is 0.286. The summed E-state index contributed by atoms with van der Waals surface area (Å²) in [6, 6.07) is 0. The van der Waals surface area contributed by atoms with E-state index < -0.39 is 40.4 Å². The zero-order chi connectivity index (χ0) is 18.6. The maximum Gasteiger partial charge on any atom is 0.417 e. The zero-order valence-electron chi connectivity index (χ0n) is 12.0. The van der Waals surface area contributed by atoms with Gasteiger partial charge in [0.2, 0.25) is 0 Å². The molecule has 0 radical (unpaired) electrons. The molecule has 0 atom stereocenters. The Morgan fingerprint density at radius 2 is 1.21 bits per heavy atom. The van der Waals surface area contributed by atoms with Crippen molar-refractivity contribution >= 4 is 0 Å². The first-order chi connectivity index (χ1) is 10.7. The van der Waals surface area contributed by atoms with Gasteiger partial charge in [-0.2, -0.15) is 26.3 Å². The number of halogens is 6. The predicted molar refractivity (Wildman–Crippen MR) is 75.8 cm³/mol. The topological polar surface area (TPSA) is 104 Å². The van der Waals surface area contributed by atoms with Crippen LogP contribution in [0.25, 0.3) is 0 Å². The van der Waals surface area contributed by atoms with Crippen LogP contribution in [-0.4, -0.2) is 23.7 Å². The third-order valence-electron chi connectivity index (χ3n) is 3.46. The molecule has 0 amide bonds. The van der Waals surface area contributed by atoms with E-state index in [9.17, 15) is 26.3 Å². The normalized spacial score (nSPS) is 23.2. The van der Waals surface area contributed by atoms with E-state index in [1.54, 1.807) is 0 Å². The zero-order valence-corrected chi connectivity index (χ0v) is 12.0. The van der Waals surface area contributed by atoms with Gasteiger partial charge in [-0.1, -0.05) is 18.2 Å². The molecule has 0 bridgehead atoms. The standard InChI is InChI=1S/C14H14F6N4/c15-13(16,17)9-8(7-1-4-11(21,22)5-2-7)3-6-12(23,24)10(9)14(18,19)20/h1-6H,21-24H2. The number of rotatable bonds is 0. The van der Waals surface area contributed by atoms with Crippen molar-refractivity contribution in [1.82, 2.24) is 0 Å². The molecule has 0 heterocycles. The summed E-state index contributed by atoms with van der Waals surface area (Å²) < 4.78 is 79.9. The van der Waals surface area contributed by atoms with Crippen molar-refractivity contribution in [3.05, 3.63) is 58.7 Å². The quantitative estimate of drug-likeness (QED) is 0.393. The maximum atomic E-state index is 13.4. The fourth-order valence-corrected chi connectivity index (χ4v) is 2.42. The summed E-state index contributed by atoms with van der Waals surface area (Å²) in [5.74, 6) is 0. The monoisotopic (exact) mass is 352 g/mol. The molecular weight excluding hydrogens is 338 g/mol. The average molecular weight is 352 g/mol. The van der Waals surface area contributed by atoms with Gasteiger partial charge >= 0.3 is 12.4 Å². The summed E-state index contributed by atoms with van der Waals surface area (Å²) in [4.78, 5) is 0. The van der Waals surface area contributed by atoms with Crippen LogP contribution in [0.4, 0.5) is 26.3 Å². The van der Waals surface area contributed by atoms with Gasteiger partial charge in [0.25, 0.3) is 0 Å². The summed E-state index contributed by atoms with van der Waals surface area (Å²) >= 11 is 0. The second-order valence-corrected chi connectivity index (χ2v) is 5.55. The van der Waals surface area contributed by atoms with E-state index in [0.29, 0.717) is 6.08 Å². The van der Waals surface area contributed by atoms with E-state index in [-0.39, 0.29) is 5.57 Å². The second kappa shape index (κ2) is 5.31. The molecule has 2 aliphatic rings. The van der Waals surface area contributed by atoms with Crippen molar-refractivity contribution in [3.63, 3.8) is 0 Å². The second-order valence-electron chi connectivity index (χ2n) is 5.55. The Balaban J connectivity index is 2.80. The summed E-state index contributed by atoms with van der Waals surface area (Å²) in [6.45, 7) is 0. The SMILES string of the molecule is NC1(N)C=CC(=C2C=CC(N)(N)C(C(F)(F)F)=C2C(F)(F)F)C=C1. The van der Waals surface area contributed by atoms with E-state index in [2.05, 4.69) is 0 Å². The van der Waals surface area contributed by atoms with Gasteiger partial charge in [0, 0.05) is 0 Å². The summed E-state index contributed by atoms with van der Waals surface area (Å²) in [5, 5.41) is 0. The summed E-state index contributed by atoms with van der Waals surface area (Å²) in [7, 11) is 0. The third-order valence-corrected chi connectivity index (χ3v) is 3.46. The van der Waals surface area contributed by atoms with Crippen LogP contribution in [0.15, 0.2) is 58.7 Å². The van der Waals surface area contributed by atoms with Crippen LogP contribution >= 0.6 is 0 Å². The lowest BCUT2D eigenvalue weighted by atomic mass is 9.81. The minimum Gasteiger partial charge on any atom is -0.307 e. The Kier molecular flexibility index (Phi) is 4.09. The van der Waals surface area contributed by atoms with Crippen molar-refractivity contribution in [3.8, 4) is 0 Å². The molecule has 2 aliphatic carbocycles. The average Bonchev–Trinajstić information content (AvgIpc) is 2.35. The molecule has 0 spiro atoms. The third kappa shape index (κ3) is 3.46. The van der Waals surface area contributed by atoms with Crippen molar-refractivity contribution in [2.75, 3.05) is 0 Å². The molecule has 0 fully saturated rings. The highest BCUT2D eigenvalue weighted by Crippen LogP contribution is 2.46. The van der Waals surface area contributed by atoms with Crippen LogP contribution in [0.5, 0.6) is 0 Å². The van der Waals surface area contributed by atoms with Gasteiger partial charge < -0.3 is 22.9 Å². The van der Waals surface area contributed by atoms with E-state index in [1.165, 1.54) is 0 Å². The Morgan fingerprint density at radius 3 is 1.62 bits per heavy atom. The van der Waals surface area contributed by atoms with Gasteiger partial charge in [-0.05, 0) is 29.4 Å². The summed E-state index contributed by atoms with van der Waals surface area (Å²) in [5.41, 5.74) is 12.5. The van der Waals surface area contributed by atoms with Crippen LogP contribution in [-0.2, 0) is 0 Å². The lowest BCUT2D eigenvalue weighted by molar-refractivity contribution is -0.119. The van der Waals surface area contributed by atoms with Crippen molar-refractivity contribution in [2.45, 2.75) is 23.7 Å².